The van der Waals surface area contributed by atoms with Gasteiger partial charge < -0.3 is 4.43 Å². The maximum absolute atomic E-state index is 13.4. The van der Waals surface area contributed by atoms with Crippen molar-refractivity contribution in [1.29, 1.82) is 0 Å². The summed E-state index contributed by atoms with van der Waals surface area (Å²) in [6.45, 7) is 1.73. The number of halogens is 9. The van der Waals surface area contributed by atoms with Crippen LogP contribution in [0.15, 0.2) is 0 Å². The Bertz CT molecular complexity index is 388. The molecule has 1 aliphatic rings. The highest BCUT2D eigenvalue weighted by Gasteiger charge is 2.81. The van der Waals surface area contributed by atoms with Gasteiger partial charge in [0, 0.05) is 13.0 Å². The van der Waals surface area contributed by atoms with E-state index in [2.05, 4.69) is 0 Å². The number of alkyl halides is 9. The Hall–Kier alpha value is -0.453. The van der Waals surface area contributed by atoms with Gasteiger partial charge in [-0.1, -0.05) is 6.42 Å². The Morgan fingerprint density at radius 3 is 1.82 bits per heavy atom. The monoisotopic (exact) mass is 362 g/mol. The van der Waals surface area contributed by atoms with Gasteiger partial charge in [0.05, 0.1) is 0 Å². The highest BCUT2D eigenvalue weighted by molar-refractivity contribution is 6.72. The Labute approximate surface area is 121 Å². The first kappa shape index (κ1) is 19.6. The zero-order chi connectivity index (χ0) is 17.4. The van der Waals surface area contributed by atoms with Crippen LogP contribution in [-0.4, -0.2) is 38.9 Å². The lowest BCUT2D eigenvalue weighted by Gasteiger charge is -2.36. The first-order valence-corrected chi connectivity index (χ1v) is 9.33. The molecule has 1 saturated heterocycles. The lowest BCUT2D eigenvalue weighted by Crippen LogP contribution is -2.61. The van der Waals surface area contributed by atoms with Crippen LogP contribution in [0.4, 0.5) is 39.5 Å². The van der Waals surface area contributed by atoms with Crippen molar-refractivity contribution < 1.29 is 43.9 Å². The normalized spacial score (nSPS) is 25.4. The molecule has 0 amide bonds. The zero-order valence-corrected chi connectivity index (χ0v) is 12.6. The lowest BCUT2D eigenvalue weighted by atomic mass is 10.0. The van der Waals surface area contributed by atoms with Crippen molar-refractivity contribution in [2.24, 2.45) is 0 Å². The molecule has 1 unspecified atom stereocenters. The molecule has 0 radical (unpaired) electrons. The Balaban J connectivity index is 2.87. The molecule has 0 aromatic rings. The van der Waals surface area contributed by atoms with Crippen LogP contribution in [0.3, 0.4) is 0 Å². The van der Waals surface area contributed by atoms with E-state index < -0.39 is 44.7 Å². The number of rotatable bonds is 5. The van der Waals surface area contributed by atoms with E-state index in [-0.39, 0.29) is 6.61 Å². The summed E-state index contributed by atoms with van der Waals surface area (Å²) in [5.41, 5.74) is 0. The minimum atomic E-state index is -6.81. The van der Waals surface area contributed by atoms with Crippen molar-refractivity contribution in [2.75, 3.05) is 6.61 Å². The van der Waals surface area contributed by atoms with Crippen LogP contribution in [0.5, 0.6) is 0 Å². The molecule has 0 aliphatic carbocycles. The van der Waals surface area contributed by atoms with Crippen molar-refractivity contribution in [3.05, 3.63) is 0 Å². The van der Waals surface area contributed by atoms with E-state index in [4.69, 9.17) is 4.43 Å². The topological polar surface area (TPSA) is 9.23 Å². The van der Waals surface area contributed by atoms with E-state index in [9.17, 15) is 39.5 Å². The molecular formula is C11H15F9OSi. The average molecular weight is 362 g/mol. The summed E-state index contributed by atoms with van der Waals surface area (Å²) >= 11 is 0. The highest BCUT2D eigenvalue weighted by atomic mass is 28.4. The van der Waals surface area contributed by atoms with Crippen molar-refractivity contribution in [1.82, 2.24) is 0 Å². The van der Waals surface area contributed by atoms with Gasteiger partial charge in [-0.25, -0.2) is 0 Å². The van der Waals surface area contributed by atoms with E-state index in [1.165, 1.54) is 6.55 Å². The van der Waals surface area contributed by atoms with Gasteiger partial charge in [0.25, 0.3) is 0 Å². The molecule has 0 saturated carbocycles. The molecular weight excluding hydrogens is 347 g/mol. The molecule has 0 N–H and O–H groups in total. The van der Waals surface area contributed by atoms with Gasteiger partial charge in [-0.2, -0.15) is 39.5 Å². The van der Waals surface area contributed by atoms with Crippen LogP contribution in [-0.2, 0) is 4.43 Å². The summed E-state index contributed by atoms with van der Waals surface area (Å²) in [4.78, 5) is 0. The fourth-order valence-corrected chi connectivity index (χ4v) is 5.19. The first-order valence-electron chi connectivity index (χ1n) is 6.50. The predicted octanol–water partition coefficient (Wildman–Crippen LogP) is 5.23. The van der Waals surface area contributed by atoms with E-state index in [0.717, 1.165) is 0 Å². The molecule has 1 aliphatic heterocycles. The van der Waals surface area contributed by atoms with Crippen molar-refractivity contribution in [3.63, 3.8) is 0 Å². The first-order chi connectivity index (χ1) is 9.66. The van der Waals surface area contributed by atoms with Gasteiger partial charge in [0.1, 0.15) is 0 Å². The van der Waals surface area contributed by atoms with E-state index in [0.29, 0.717) is 18.9 Å². The Morgan fingerprint density at radius 1 is 0.864 bits per heavy atom. The molecule has 0 bridgehead atoms. The van der Waals surface area contributed by atoms with Crippen molar-refractivity contribution in [3.8, 4) is 0 Å². The van der Waals surface area contributed by atoms with Gasteiger partial charge >= 0.3 is 23.9 Å². The quantitative estimate of drug-likeness (QED) is 0.481. The van der Waals surface area contributed by atoms with E-state index in [1.54, 1.807) is 0 Å². The third-order valence-electron chi connectivity index (χ3n) is 3.73. The molecule has 1 atom stereocenters. The molecule has 22 heavy (non-hydrogen) atoms. The van der Waals surface area contributed by atoms with Crippen LogP contribution < -0.4 is 0 Å². The van der Waals surface area contributed by atoms with Gasteiger partial charge in [-0.3, -0.25) is 0 Å². The molecule has 1 nitrogen and oxygen atoms in total. The molecule has 0 spiro atoms. The predicted molar refractivity (Wildman–Crippen MR) is 61.9 cm³/mol. The Morgan fingerprint density at radius 2 is 1.41 bits per heavy atom. The summed E-state index contributed by atoms with van der Waals surface area (Å²) in [6.07, 6.45) is -7.23. The second-order valence-corrected chi connectivity index (χ2v) is 9.79. The molecule has 1 fully saturated rings. The van der Waals surface area contributed by atoms with E-state index >= 15 is 0 Å². The van der Waals surface area contributed by atoms with Gasteiger partial charge in [0.15, 0.2) is 8.32 Å². The molecule has 0 aromatic heterocycles. The minimum Gasteiger partial charge on any atom is -0.417 e. The lowest BCUT2D eigenvalue weighted by molar-refractivity contribution is -0.396. The summed E-state index contributed by atoms with van der Waals surface area (Å²) in [5.74, 6) is -18.8. The van der Waals surface area contributed by atoms with Gasteiger partial charge in [-0.15, -0.1) is 0 Å². The summed E-state index contributed by atoms with van der Waals surface area (Å²) < 4.78 is 120. The van der Waals surface area contributed by atoms with Crippen LogP contribution >= 0.6 is 0 Å². The zero-order valence-electron chi connectivity index (χ0n) is 11.6. The fourth-order valence-electron chi connectivity index (χ4n) is 2.18. The fraction of sp³-hybridized carbons (Fsp3) is 1.00. The maximum Gasteiger partial charge on any atom is 0.460 e. The SMILES string of the molecule is C[Si]1(CCC(F)(F)C(F)(F)C(F)(F)C(F)(F)F)CCCCO1. The molecule has 11 heteroatoms. The standard InChI is InChI=1S/C11H15F9OSi/c1-22(6-3-2-5-21-22)7-4-8(12,13)9(14,15)10(16,17)11(18,19)20/h2-7H2,1H3. The molecule has 0 aromatic carbocycles. The summed E-state index contributed by atoms with van der Waals surface area (Å²) in [5, 5.41) is 0. The van der Waals surface area contributed by atoms with Gasteiger partial charge in [-0.05, 0) is 25.1 Å². The van der Waals surface area contributed by atoms with Crippen molar-refractivity contribution >= 4 is 8.32 Å². The number of hydrogen-bond acceptors (Lipinski definition) is 1. The van der Waals surface area contributed by atoms with Crippen LogP contribution in [0.1, 0.15) is 19.3 Å². The second-order valence-electron chi connectivity index (χ2n) is 5.61. The van der Waals surface area contributed by atoms with Crippen LogP contribution in [0.25, 0.3) is 0 Å². The van der Waals surface area contributed by atoms with Crippen LogP contribution in [0.2, 0.25) is 18.6 Å². The third-order valence-corrected chi connectivity index (χ3v) is 7.35. The Kier molecular flexibility index (Phi) is 5.23. The third kappa shape index (κ3) is 3.55. The van der Waals surface area contributed by atoms with E-state index in [1.807, 2.05) is 0 Å². The second kappa shape index (κ2) is 5.88. The molecule has 1 rings (SSSR count). The van der Waals surface area contributed by atoms with Gasteiger partial charge in [0.2, 0.25) is 0 Å². The largest absolute Gasteiger partial charge is 0.460 e. The smallest absolute Gasteiger partial charge is 0.417 e. The minimum absolute atomic E-state index is 0.253. The highest BCUT2D eigenvalue weighted by Crippen LogP contribution is 2.54. The van der Waals surface area contributed by atoms with Crippen LogP contribution in [0, 0.1) is 0 Å². The molecule has 1 heterocycles. The average Bonchev–Trinajstić information content (AvgIpc) is 2.36. The molecule has 132 valence electrons. The summed E-state index contributed by atoms with van der Waals surface area (Å²) in [7, 11) is -2.77. The summed E-state index contributed by atoms with van der Waals surface area (Å²) in [6, 6.07) is -0.228. The number of hydrogen-bond donors (Lipinski definition) is 0. The van der Waals surface area contributed by atoms with Crippen molar-refractivity contribution in [2.45, 2.75) is 61.8 Å². The maximum atomic E-state index is 13.4.